The number of nitrogens with zero attached hydrogens (tertiary/aromatic N) is 2. The molecular formula is C8H12N4O3. The van der Waals surface area contributed by atoms with Gasteiger partial charge in [0.25, 0.3) is 5.91 Å². The first-order chi connectivity index (χ1) is 7.15. The Morgan fingerprint density at radius 2 is 2.40 bits per heavy atom. The fourth-order valence-corrected chi connectivity index (χ4v) is 1.02. The Bertz CT molecular complexity index is 336. The number of carboxylic acid groups (broad SMARTS) is 1. The topological polar surface area (TPSA) is 108 Å². The van der Waals surface area contributed by atoms with Crippen molar-refractivity contribution in [2.24, 2.45) is 5.92 Å². The van der Waals surface area contributed by atoms with Gasteiger partial charge in [0.15, 0.2) is 0 Å². The molecule has 0 saturated carbocycles. The summed E-state index contributed by atoms with van der Waals surface area (Å²) in [6, 6.07) is 0. The lowest BCUT2D eigenvalue weighted by Gasteiger charge is -2.09. The fraction of sp³-hybridized carbons (Fsp3) is 0.500. The number of carboxylic acids is 1. The largest absolute Gasteiger partial charge is 0.481 e. The number of aromatic nitrogens is 3. The smallest absolute Gasteiger partial charge is 0.308 e. The van der Waals surface area contributed by atoms with E-state index >= 15 is 0 Å². The maximum absolute atomic E-state index is 11.3. The van der Waals surface area contributed by atoms with Crippen LogP contribution in [0.15, 0.2) is 6.33 Å². The third-order valence-electron chi connectivity index (χ3n) is 1.98. The first-order valence-electron chi connectivity index (χ1n) is 4.51. The summed E-state index contributed by atoms with van der Waals surface area (Å²) in [5.41, 5.74) is 0. The van der Waals surface area contributed by atoms with Crippen molar-refractivity contribution in [3.05, 3.63) is 12.2 Å². The van der Waals surface area contributed by atoms with E-state index in [1.54, 1.807) is 6.92 Å². The summed E-state index contributed by atoms with van der Waals surface area (Å²) in [4.78, 5) is 25.6. The van der Waals surface area contributed by atoms with Crippen LogP contribution in [0.4, 0.5) is 0 Å². The molecule has 0 bridgehead atoms. The molecule has 1 aromatic rings. The van der Waals surface area contributed by atoms with Crippen LogP contribution in [-0.4, -0.2) is 38.7 Å². The quantitative estimate of drug-likeness (QED) is 0.618. The molecule has 1 aromatic heterocycles. The average Bonchev–Trinajstić information content (AvgIpc) is 2.70. The molecule has 1 rings (SSSR count). The lowest BCUT2D eigenvalue weighted by Crippen LogP contribution is -2.33. The van der Waals surface area contributed by atoms with Gasteiger partial charge in [-0.15, -0.1) is 0 Å². The average molecular weight is 212 g/mol. The Hall–Kier alpha value is -1.92. The molecule has 7 nitrogen and oxygen atoms in total. The molecule has 0 aliphatic rings. The van der Waals surface area contributed by atoms with Crippen LogP contribution in [-0.2, 0) is 4.79 Å². The molecule has 0 fully saturated rings. The predicted molar refractivity (Wildman–Crippen MR) is 50.1 cm³/mol. The van der Waals surface area contributed by atoms with E-state index in [4.69, 9.17) is 5.11 Å². The van der Waals surface area contributed by atoms with Gasteiger partial charge in [-0.3, -0.25) is 14.7 Å². The van der Waals surface area contributed by atoms with Gasteiger partial charge >= 0.3 is 5.97 Å². The lowest BCUT2D eigenvalue weighted by molar-refractivity contribution is -0.141. The van der Waals surface area contributed by atoms with Crippen molar-refractivity contribution in [3.63, 3.8) is 0 Å². The number of H-pyrrole nitrogens is 1. The molecule has 15 heavy (non-hydrogen) atoms. The minimum atomic E-state index is -0.921. The summed E-state index contributed by atoms with van der Waals surface area (Å²) in [5.74, 6) is -1.87. The zero-order valence-electron chi connectivity index (χ0n) is 8.23. The summed E-state index contributed by atoms with van der Waals surface area (Å²) in [7, 11) is 0. The third-order valence-corrected chi connectivity index (χ3v) is 1.98. The minimum Gasteiger partial charge on any atom is -0.481 e. The number of nitrogens with one attached hydrogen (secondary N) is 2. The van der Waals surface area contributed by atoms with Crippen LogP contribution in [0, 0.1) is 5.92 Å². The molecule has 0 aliphatic heterocycles. The van der Waals surface area contributed by atoms with E-state index < -0.39 is 17.8 Å². The van der Waals surface area contributed by atoms with Crippen molar-refractivity contribution < 1.29 is 14.7 Å². The highest BCUT2D eigenvalue weighted by atomic mass is 16.4. The molecule has 1 atom stereocenters. The Morgan fingerprint density at radius 3 is 2.87 bits per heavy atom. The van der Waals surface area contributed by atoms with Crippen LogP contribution in [0.1, 0.15) is 24.0 Å². The lowest BCUT2D eigenvalue weighted by atomic mass is 10.1. The highest BCUT2D eigenvalue weighted by molar-refractivity contribution is 5.90. The van der Waals surface area contributed by atoms with Crippen LogP contribution in [0.2, 0.25) is 0 Å². The van der Waals surface area contributed by atoms with Crippen molar-refractivity contribution in [1.29, 1.82) is 0 Å². The molecule has 1 unspecified atom stereocenters. The minimum absolute atomic E-state index is 0.0789. The van der Waals surface area contributed by atoms with Crippen molar-refractivity contribution >= 4 is 11.9 Å². The van der Waals surface area contributed by atoms with Gasteiger partial charge in [-0.2, -0.15) is 5.10 Å². The molecule has 1 heterocycles. The summed E-state index contributed by atoms with van der Waals surface area (Å²) >= 11 is 0. The number of carbonyl (C=O) groups excluding carboxylic acids is 1. The van der Waals surface area contributed by atoms with Gasteiger partial charge in [-0.05, 0) is 6.42 Å². The molecule has 82 valence electrons. The number of amides is 1. The van der Waals surface area contributed by atoms with E-state index in [1.807, 2.05) is 0 Å². The number of hydrogen-bond acceptors (Lipinski definition) is 4. The molecular weight excluding hydrogens is 200 g/mol. The van der Waals surface area contributed by atoms with Gasteiger partial charge in [0, 0.05) is 6.54 Å². The van der Waals surface area contributed by atoms with E-state index in [1.165, 1.54) is 6.33 Å². The van der Waals surface area contributed by atoms with E-state index in [0.717, 1.165) is 0 Å². The van der Waals surface area contributed by atoms with Crippen molar-refractivity contribution in [3.8, 4) is 0 Å². The maximum Gasteiger partial charge on any atom is 0.308 e. The van der Waals surface area contributed by atoms with Gasteiger partial charge in [0.05, 0.1) is 5.92 Å². The van der Waals surface area contributed by atoms with Crippen LogP contribution in [0.25, 0.3) is 0 Å². The van der Waals surface area contributed by atoms with Gasteiger partial charge < -0.3 is 10.4 Å². The highest BCUT2D eigenvalue weighted by Gasteiger charge is 2.17. The SMILES string of the molecule is CCC(CNC(=O)c1ncn[nH]1)C(=O)O. The molecule has 7 heteroatoms. The first-order valence-corrected chi connectivity index (χ1v) is 4.51. The molecule has 0 aliphatic carbocycles. The zero-order chi connectivity index (χ0) is 11.3. The predicted octanol–water partition coefficient (Wildman–Crippen LogP) is -0.355. The highest BCUT2D eigenvalue weighted by Crippen LogP contribution is 2.00. The number of aromatic amines is 1. The van der Waals surface area contributed by atoms with E-state index in [2.05, 4.69) is 20.5 Å². The Labute approximate surface area is 85.9 Å². The fourth-order valence-electron chi connectivity index (χ4n) is 1.02. The first kappa shape index (κ1) is 11.2. The van der Waals surface area contributed by atoms with Crippen LogP contribution in [0.3, 0.4) is 0 Å². The van der Waals surface area contributed by atoms with Crippen molar-refractivity contribution in [1.82, 2.24) is 20.5 Å². The Kier molecular flexibility index (Phi) is 3.78. The van der Waals surface area contributed by atoms with Crippen molar-refractivity contribution in [2.45, 2.75) is 13.3 Å². The van der Waals surface area contributed by atoms with Gasteiger partial charge in [0.2, 0.25) is 5.82 Å². The Balaban J connectivity index is 2.43. The summed E-state index contributed by atoms with van der Waals surface area (Å²) in [5, 5.41) is 17.1. The maximum atomic E-state index is 11.3. The second kappa shape index (κ2) is 5.08. The third kappa shape index (κ3) is 3.04. The molecule has 0 spiro atoms. The zero-order valence-corrected chi connectivity index (χ0v) is 8.23. The molecule has 1 amide bonds. The number of rotatable bonds is 5. The standard InChI is InChI=1S/C8H12N4O3/c1-2-5(8(14)15)3-9-7(13)6-10-4-11-12-6/h4-5H,2-3H2,1H3,(H,9,13)(H,14,15)(H,10,11,12). The van der Waals surface area contributed by atoms with Crippen LogP contribution >= 0.6 is 0 Å². The van der Waals surface area contributed by atoms with Crippen molar-refractivity contribution in [2.75, 3.05) is 6.54 Å². The van der Waals surface area contributed by atoms with Gasteiger partial charge in [-0.1, -0.05) is 6.92 Å². The normalized spacial score (nSPS) is 12.1. The van der Waals surface area contributed by atoms with E-state index in [-0.39, 0.29) is 12.4 Å². The van der Waals surface area contributed by atoms with Crippen LogP contribution < -0.4 is 5.32 Å². The molecule has 0 saturated heterocycles. The monoisotopic (exact) mass is 212 g/mol. The summed E-state index contributed by atoms with van der Waals surface area (Å²) < 4.78 is 0. The molecule has 0 aromatic carbocycles. The van der Waals surface area contributed by atoms with Gasteiger partial charge in [-0.25, -0.2) is 4.98 Å². The Morgan fingerprint density at radius 1 is 1.67 bits per heavy atom. The van der Waals surface area contributed by atoms with E-state index in [9.17, 15) is 9.59 Å². The number of hydrogen-bond donors (Lipinski definition) is 3. The number of aliphatic carboxylic acids is 1. The second-order valence-electron chi connectivity index (χ2n) is 2.99. The number of carbonyl (C=O) groups is 2. The van der Waals surface area contributed by atoms with Crippen LogP contribution in [0.5, 0.6) is 0 Å². The second-order valence-corrected chi connectivity index (χ2v) is 2.99. The van der Waals surface area contributed by atoms with Gasteiger partial charge in [0.1, 0.15) is 6.33 Å². The van der Waals surface area contributed by atoms with E-state index in [0.29, 0.717) is 6.42 Å². The molecule has 0 radical (unpaired) electrons. The summed E-state index contributed by atoms with van der Waals surface area (Å²) in [6.45, 7) is 1.84. The molecule has 3 N–H and O–H groups in total. The summed E-state index contributed by atoms with van der Waals surface area (Å²) in [6.07, 6.45) is 1.68.